The standard InChI is InChI=1S/C12H14N2.HNO3/c1-14-10-9-13-12(14)8-7-11-5-3-2-4-6-11;2-1(3)4/h2-6,9-10H,7-8H2,1H3;(H,2,3,4). The minimum absolute atomic E-state index is 1.01. The van der Waals surface area contributed by atoms with Crippen LogP contribution in [0.15, 0.2) is 42.7 Å². The molecular weight excluding hydrogens is 234 g/mol. The highest BCUT2D eigenvalue weighted by Gasteiger charge is 1.99. The highest BCUT2D eigenvalue weighted by atomic mass is 16.9. The van der Waals surface area contributed by atoms with E-state index in [0.717, 1.165) is 18.7 Å². The van der Waals surface area contributed by atoms with Crippen molar-refractivity contribution in [1.29, 1.82) is 0 Å². The summed E-state index contributed by atoms with van der Waals surface area (Å²) in [5, 5.41) is 13.6. The fourth-order valence-electron chi connectivity index (χ4n) is 1.54. The summed E-state index contributed by atoms with van der Waals surface area (Å²) in [6.45, 7) is 0. The van der Waals surface area contributed by atoms with Crippen LogP contribution in [-0.4, -0.2) is 19.8 Å². The molecule has 0 aliphatic heterocycles. The summed E-state index contributed by atoms with van der Waals surface area (Å²) in [6.07, 6.45) is 5.90. The average molecular weight is 249 g/mol. The van der Waals surface area contributed by atoms with Crippen molar-refractivity contribution in [2.75, 3.05) is 0 Å². The molecule has 0 aliphatic carbocycles. The summed E-state index contributed by atoms with van der Waals surface area (Å²) in [6, 6.07) is 10.5. The second-order valence-electron chi connectivity index (χ2n) is 3.68. The summed E-state index contributed by atoms with van der Waals surface area (Å²) in [5.74, 6) is 1.15. The molecule has 0 saturated carbocycles. The van der Waals surface area contributed by atoms with Gasteiger partial charge in [0, 0.05) is 25.9 Å². The van der Waals surface area contributed by atoms with Gasteiger partial charge < -0.3 is 9.77 Å². The third-order valence-corrected chi connectivity index (χ3v) is 2.40. The Labute approximate surface area is 105 Å². The zero-order valence-corrected chi connectivity index (χ0v) is 10.1. The van der Waals surface area contributed by atoms with E-state index in [1.165, 1.54) is 5.56 Å². The van der Waals surface area contributed by atoms with Crippen molar-refractivity contribution >= 4 is 0 Å². The molecule has 1 aromatic carbocycles. The number of aryl methyl sites for hydroxylation is 3. The highest BCUT2D eigenvalue weighted by molar-refractivity contribution is 5.15. The van der Waals surface area contributed by atoms with E-state index in [1.54, 1.807) is 0 Å². The maximum atomic E-state index is 8.36. The SMILES string of the molecule is Cn1ccnc1CCc1ccccc1.O=[N+]([O-])O. The first kappa shape index (κ1) is 13.7. The van der Waals surface area contributed by atoms with Gasteiger partial charge in [-0.05, 0) is 12.0 Å². The normalized spacial score (nSPS) is 9.39. The molecule has 0 bridgehead atoms. The Morgan fingerprint density at radius 1 is 1.33 bits per heavy atom. The third kappa shape index (κ3) is 5.11. The smallest absolute Gasteiger partial charge is 0.291 e. The first-order valence-corrected chi connectivity index (χ1v) is 5.43. The Kier molecular flexibility index (Phi) is 5.37. The van der Waals surface area contributed by atoms with Gasteiger partial charge in [0.25, 0.3) is 5.09 Å². The van der Waals surface area contributed by atoms with Gasteiger partial charge in [-0.25, -0.2) is 4.98 Å². The van der Waals surface area contributed by atoms with Gasteiger partial charge in [0.1, 0.15) is 5.82 Å². The van der Waals surface area contributed by atoms with Crippen LogP contribution in [0.5, 0.6) is 0 Å². The predicted molar refractivity (Wildman–Crippen MR) is 65.8 cm³/mol. The fraction of sp³-hybridized carbons (Fsp3) is 0.250. The third-order valence-electron chi connectivity index (χ3n) is 2.40. The number of hydrogen-bond donors (Lipinski definition) is 1. The van der Waals surface area contributed by atoms with E-state index >= 15 is 0 Å². The van der Waals surface area contributed by atoms with E-state index in [2.05, 4.69) is 33.8 Å². The van der Waals surface area contributed by atoms with Crippen LogP contribution in [0, 0.1) is 10.1 Å². The highest BCUT2D eigenvalue weighted by Crippen LogP contribution is 2.04. The monoisotopic (exact) mass is 249 g/mol. The molecule has 6 heteroatoms. The van der Waals surface area contributed by atoms with Crippen LogP contribution in [0.2, 0.25) is 0 Å². The first-order chi connectivity index (χ1) is 8.59. The van der Waals surface area contributed by atoms with E-state index in [1.807, 2.05) is 25.5 Å². The molecule has 6 nitrogen and oxygen atoms in total. The molecular formula is C12H15N3O3. The Balaban J connectivity index is 0.000000357. The molecule has 96 valence electrons. The maximum Gasteiger partial charge on any atom is 0.291 e. The fourth-order valence-corrected chi connectivity index (χ4v) is 1.54. The molecule has 0 atom stereocenters. The number of hydrogen-bond acceptors (Lipinski definition) is 3. The van der Waals surface area contributed by atoms with Gasteiger partial charge in [0.15, 0.2) is 0 Å². The molecule has 0 spiro atoms. The molecule has 0 radical (unpaired) electrons. The van der Waals surface area contributed by atoms with Crippen molar-refractivity contribution in [2.45, 2.75) is 12.8 Å². The average Bonchev–Trinajstić information content (AvgIpc) is 2.73. The van der Waals surface area contributed by atoms with Crippen molar-refractivity contribution in [3.63, 3.8) is 0 Å². The zero-order chi connectivity index (χ0) is 13.4. The van der Waals surface area contributed by atoms with Gasteiger partial charge in [-0.2, -0.15) is 0 Å². The molecule has 2 aromatic rings. The van der Waals surface area contributed by atoms with Crippen molar-refractivity contribution in [2.24, 2.45) is 7.05 Å². The van der Waals surface area contributed by atoms with Crippen molar-refractivity contribution < 1.29 is 10.3 Å². The zero-order valence-electron chi connectivity index (χ0n) is 10.1. The maximum absolute atomic E-state index is 8.36. The van der Waals surface area contributed by atoms with Gasteiger partial charge in [0.2, 0.25) is 0 Å². The second kappa shape index (κ2) is 7.05. The van der Waals surface area contributed by atoms with E-state index in [0.29, 0.717) is 0 Å². The molecule has 0 aliphatic rings. The van der Waals surface area contributed by atoms with Crippen molar-refractivity contribution in [3.8, 4) is 0 Å². The van der Waals surface area contributed by atoms with E-state index in [4.69, 9.17) is 15.3 Å². The number of rotatable bonds is 3. The van der Waals surface area contributed by atoms with Gasteiger partial charge in [-0.15, -0.1) is 10.1 Å². The Morgan fingerprint density at radius 2 is 1.94 bits per heavy atom. The summed E-state index contributed by atoms with van der Waals surface area (Å²) >= 11 is 0. The second-order valence-corrected chi connectivity index (χ2v) is 3.68. The van der Waals surface area contributed by atoms with Crippen LogP contribution in [0.3, 0.4) is 0 Å². The summed E-state index contributed by atoms with van der Waals surface area (Å²) in [4.78, 5) is 12.7. The lowest BCUT2D eigenvalue weighted by molar-refractivity contribution is -0.742. The molecule has 0 amide bonds. The number of nitrogens with zero attached hydrogens (tertiary/aromatic N) is 3. The minimum Gasteiger partial charge on any atom is -0.338 e. The van der Waals surface area contributed by atoms with Crippen molar-refractivity contribution in [3.05, 3.63) is 64.2 Å². The number of imidazole rings is 1. The molecule has 0 saturated heterocycles. The number of aromatic nitrogens is 2. The molecule has 18 heavy (non-hydrogen) atoms. The van der Waals surface area contributed by atoms with Gasteiger partial charge in [0.05, 0.1) is 0 Å². The van der Waals surface area contributed by atoms with Crippen LogP contribution in [-0.2, 0) is 19.9 Å². The molecule has 1 heterocycles. The van der Waals surface area contributed by atoms with Crippen LogP contribution in [0.4, 0.5) is 0 Å². The molecule has 1 aromatic heterocycles. The van der Waals surface area contributed by atoms with Crippen LogP contribution in [0.1, 0.15) is 11.4 Å². The summed E-state index contributed by atoms with van der Waals surface area (Å²) < 4.78 is 2.07. The lowest BCUT2D eigenvalue weighted by Gasteiger charge is -2.01. The van der Waals surface area contributed by atoms with Gasteiger partial charge in [-0.3, -0.25) is 0 Å². The van der Waals surface area contributed by atoms with Crippen LogP contribution >= 0.6 is 0 Å². The topological polar surface area (TPSA) is 81.2 Å². The lowest BCUT2D eigenvalue weighted by atomic mass is 10.1. The summed E-state index contributed by atoms with van der Waals surface area (Å²) in [5.41, 5.74) is 1.37. The molecule has 2 rings (SSSR count). The quantitative estimate of drug-likeness (QED) is 0.665. The predicted octanol–water partition coefficient (Wildman–Crippen LogP) is 1.86. The van der Waals surface area contributed by atoms with Gasteiger partial charge >= 0.3 is 0 Å². The summed E-state index contributed by atoms with van der Waals surface area (Å²) in [7, 11) is 2.04. The number of benzene rings is 1. The molecule has 1 N–H and O–H groups in total. The minimum atomic E-state index is -1.50. The van der Waals surface area contributed by atoms with E-state index in [9.17, 15) is 0 Å². The Morgan fingerprint density at radius 3 is 2.44 bits per heavy atom. The van der Waals surface area contributed by atoms with E-state index in [-0.39, 0.29) is 0 Å². The van der Waals surface area contributed by atoms with Crippen LogP contribution in [0.25, 0.3) is 0 Å². The Hall–Kier alpha value is -2.37. The largest absolute Gasteiger partial charge is 0.338 e. The molecule has 0 unspecified atom stereocenters. The van der Waals surface area contributed by atoms with Crippen LogP contribution < -0.4 is 0 Å². The van der Waals surface area contributed by atoms with Gasteiger partial charge in [-0.1, -0.05) is 30.3 Å². The Bertz CT molecular complexity index is 478. The molecule has 0 fully saturated rings. The van der Waals surface area contributed by atoms with E-state index < -0.39 is 5.09 Å². The van der Waals surface area contributed by atoms with Crippen molar-refractivity contribution in [1.82, 2.24) is 9.55 Å². The lowest BCUT2D eigenvalue weighted by Crippen LogP contribution is -1.99. The first-order valence-electron chi connectivity index (χ1n) is 5.43.